The van der Waals surface area contributed by atoms with Gasteiger partial charge < -0.3 is 75.8 Å². The topological polar surface area (TPSA) is 298 Å². The first-order chi connectivity index (χ1) is 5.20. The summed E-state index contributed by atoms with van der Waals surface area (Å²) in [7, 11) is -8.75. The Kier molecular flexibility index (Phi) is 533. The molecule has 0 amide bonds. The monoisotopic (exact) mass is 420 g/mol. The van der Waals surface area contributed by atoms with Crippen molar-refractivity contribution in [3.05, 3.63) is 0 Å². The van der Waals surface area contributed by atoms with E-state index in [2.05, 4.69) is 0 Å². The van der Waals surface area contributed by atoms with E-state index in [4.69, 9.17) is 45.2 Å². The maximum absolute atomic E-state index is 8.42. The second-order valence-electron chi connectivity index (χ2n) is 0.866. The minimum atomic E-state index is -2.92. The molecule has 0 saturated heterocycles. The first-order valence-corrected chi connectivity index (χ1v) is 2.12. The largest absolute Gasteiger partial charge is 3.00 e. The van der Waals surface area contributed by atoms with E-state index in [0.717, 1.165) is 0 Å². The predicted molar refractivity (Wildman–Crippen MR) is 51.8 cm³/mol. The molecule has 0 aromatic rings. The minimum Gasteiger partial charge on any atom is -1.00 e. The molecular formula is H3Al5B3F3O12. The van der Waals surface area contributed by atoms with Crippen molar-refractivity contribution in [1.29, 1.82) is 0 Å². The van der Waals surface area contributed by atoms with E-state index >= 15 is 0 Å². The third-order valence-electron chi connectivity index (χ3n) is 0. The van der Waals surface area contributed by atoms with E-state index in [1.165, 1.54) is 0 Å². The van der Waals surface area contributed by atoms with Crippen molar-refractivity contribution >= 4 is 109 Å². The van der Waals surface area contributed by atoms with Gasteiger partial charge in [0.05, 0.1) is 0 Å². The van der Waals surface area contributed by atoms with E-state index < -0.39 is 22.0 Å². The van der Waals surface area contributed by atoms with Crippen LogP contribution in [0.4, 0.5) is 0 Å². The maximum Gasteiger partial charge on any atom is 3.00 e. The molecule has 0 aliphatic carbocycles. The van der Waals surface area contributed by atoms with Gasteiger partial charge >= 0.3 is 86.8 Å². The molecule has 0 fully saturated rings. The first kappa shape index (κ1) is 118. The molecule has 0 rings (SSSR count). The summed E-state index contributed by atoms with van der Waals surface area (Å²) >= 11 is 0. The molecule has 23 heavy (non-hydrogen) atoms. The summed E-state index contributed by atoms with van der Waals surface area (Å²) in [5, 5.41) is 75.8. The van der Waals surface area contributed by atoms with Gasteiger partial charge in [0.15, 0.2) is 0 Å². The van der Waals surface area contributed by atoms with Crippen molar-refractivity contribution in [3.63, 3.8) is 0 Å². The van der Waals surface area contributed by atoms with Crippen molar-refractivity contribution in [2.24, 2.45) is 0 Å². The normalized spacial score (nSPS) is 3.52. The fourth-order valence-corrected chi connectivity index (χ4v) is 0. The molecule has 0 bridgehead atoms. The summed E-state index contributed by atoms with van der Waals surface area (Å²) in [4.78, 5) is 0. The summed E-state index contributed by atoms with van der Waals surface area (Å²) in [6.45, 7) is 0. The molecule has 3 N–H and O–H groups in total. The van der Waals surface area contributed by atoms with Crippen LogP contribution in [0.25, 0.3) is 0 Å². The molecule has 0 unspecified atom stereocenters. The van der Waals surface area contributed by atoms with Crippen molar-refractivity contribution < 1.29 is 75.8 Å². The zero-order valence-corrected chi connectivity index (χ0v) is 16.5. The molecule has 0 radical (unpaired) electrons. The molecule has 0 aromatic carbocycles. The van der Waals surface area contributed by atoms with E-state index in [1.54, 1.807) is 0 Å². The van der Waals surface area contributed by atoms with Gasteiger partial charge in [0, 0.05) is 0 Å². The smallest absolute Gasteiger partial charge is 1.00 e. The van der Waals surface area contributed by atoms with Crippen LogP contribution in [0.15, 0.2) is 0 Å². The molecule has 0 aromatic heterocycles. The Hall–Kier alpha value is 2.17. The van der Waals surface area contributed by atoms with E-state index in [1.807, 2.05) is 0 Å². The van der Waals surface area contributed by atoms with Crippen LogP contribution in [-0.2, 0) is 0 Å². The molecule has 0 heterocycles. The molecule has 12 nitrogen and oxygen atoms in total. The van der Waals surface area contributed by atoms with Crippen LogP contribution in [0.5, 0.6) is 0 Å². The van der Waals surface area contributed by atoms with Gasteiger partial charge in [-0.3, -0.25) is 22.0 Å². The summed E-state index contributed by atoms with van der Waals surface area (Å²) in [6, 6.07) is 0. The van der Waals surface area contributed by atoms with Crippen molar-refractivity contribution in [2.75, 3.05) is 0 Å². The Morgan fingerprint density at radius 1 is 0.304 bits per heavy atom. The van der Waals surface area contributed by atoms with Gasteiger partial charge in [0.1, 0.15) is 0 Å². The molecule has 23 heteroatoms. The summed E-state index contributed by atoms with van der Waals surface area (Å²) in [6.07, 6.45) is 0. The third-order valence-corrected chi connectivity index (χ3v) is 0. The quantitative estimate of drug-likeness (QED) is 0.330. The Morgan fingerprint density at radius 3 is 0.304 bits per heavy atom. The van der Waals surface area contributed by atoms with Gasteiger partial charge in [-0.15, -0.1) is 0 Å². The second-order valence-corrected chi connectivity index (χ2v) is 0.866. The van der Waals surface area contributed by atoms with Gasteiger partial charge in [-0.25, -0.2) is 0 Å². The Morgan fingerprint density at radius 2 is 0.304 bits per heavy atom. The summed E-state index contributed by atoms with van der Waals surface area (Å²) < 4.78 is 0. The fraction of sp³-hybridized carbons (Fsp3) is 0. The van der Waals surface area contributed by atoms with Gasteiger partial charge in [-0.2, -0.15) is 0 Å². The molecular weight excluding hydrogens is 416 g/mol. The Balaban J connectivity index is -0.00000000355. The van der Waals surface area contributed by atoms with E-state index in [9.17, 15) is 0 Å². The third kappa shape index (κ3) is 2530. The molecule has 0 aliphatic rings. The van der Waals surface area contributed by atoms with Crippen LogP contribution in [0, 0.1) is 0 Å². The number of halogens is 3. The first-order valence-electron chi connectivity index (χ1n) is 2.12. The standard InChI is InChI=1S/5Al.3BO3.3FH.3H2O/c;;;;;3*2-1(3)4;;;;;;/h;;;;;;;;3*1H;3*1H2/q5*+3;3*-3;;;;;;/p-6. The van der Waals surface area contributed by atoms with Crippen LogP contribution in [-0.4, -0.2) is 125 Å². The molecule has 0 aliphatic heterocycles. The van der Waals surface area contributed by atoms with Gasteiger partial charge in [0.25, 0.3) is 0 Å². The molecule has 120 valence electrons. The predicted octanol–water partition coefficient (Wildman–Crippen LogP) is -23.3. The number of hydrogen-bond acceptors (Lipinski definition) is 12. The van der Waals surface area contributed by atoms with Crippen LogP contribution >= 0.6 is 0 Å². The number of hydrogen-bond donors (Lipinski definition) is 0. The Labute approximate surface area is 183 Å². The second kappa shape index (κ2) is 104. The average molecular weight is 419 g/mol. The summed E-state index contributed by atoms with van der Waals surface area (Å²) in [5.41, 5.74) is 0. The number of rotatable bonds is 0. The van der Waals surface area contributed by atoms with E-state index in [-0.39, 0.29) is 117 Å². The van der Waals surface area contributed by atoms with Gasteiger partial charge in [-0.1, -0.05) is 0 Å². The minimum absolute atomic E-state index is 0. The van der Waals surface area contributed by atoms with Crippen molar-refractivity contribution in [3.8, 4) is 0 Å². The fourth-order valence-electron chi connectivity index (χ4n) is 0. The Bertz CT molecular complexity index is 68.4. The van der Waals surface area contributed by atoms with Crippen molar-refractivity contribution in [1.82, 2.24) is 0 Å². The maximum atomic E-state index is 8.42. The van der Waals surface area contributed by atoms with Crippen LogP contribution in [0.1, 0.15) is 0 Å². The summed E-state index contributed by atoms with van der Waals surface area (Å²) in [5.74, 6) is 0. The van der Waals surface area contributed by atoms with Crippen molar-refractivity contribution in [2.45, 2.75) is 0 Å². The van der Waals surface area contributed by atoms with Gasteiger partial charge in [-0.05, 0) is 0 Å². The van der Waals surface area contributed by atoms with Crippen LogP contribution in [0.2, 0.25) is 0 Å². The van der Waals surface area contributed by atoms with Crippen LogP contribution in [0.3, 0.4) is 0 Å². The zero-order chi connectivity index (χ0) is 10.7. The van der Waals surface area contributed by atoms with Gasteiger partial charge in [0.2, 0.25) is 0 Å². The molecule has 0 atom stereocenters. The molecule has 0 spiro atoms. The zero-order valence-electron chi connectivity index (χ0n) is 10.8. The molecule has 0 saturated carbocycles. The van der Waals surface area contributed by atoms with E-state index in [0.29, 0.717) is 0 Å². The van der Waals surface area contributed by atoms with Crippen LogP contribution < -0.4 is 59.3 Å². The SMILES string of the molecule is [Al+3].[Al+3].[Al+3].[Al+3].[Al+3].[F-].[F-].[F-].[O-]B([O-])[O-].[O-]B([O-])[O-].[O-]B([O-])[O-].[OH-].[OH-].[OH-]. The average Bonchev–Trinajstić information content (AvgIpc) is 1.54.